The molecule has 0 amide bonds. The number of benzene rings is 1. The maximum atomic E-state index is 6.46. The van der Waals surface area contributed by atoms with Gasteiger partial charge >= 0.3 is 0 Å². The summed E-state index contributed by atoms with van der Waals surface area (Å²) in [5.41, 5.74) is 16.4. The van der Waals surface area contributed by atoms with E-state index in [1.165, 1.54) is 64.2 Å². The fourth-order valence-corrected chi connectivity index (χ4v) is 10.5. The third kappa shape index (κ3) is 3.81. The summed E-state index contributed by atoms with van der Waals surface area (Å²) < 4.78 is 6.46. The normalized spacial score (nSPS) is 41.5. The molecule has 198 valence electrons. The molecule has 9 unspecified atom stereocenters. The molecule has 9 atom stereocenters. The van der Waals surface area contributed by atoms with Crippen LogP contribution in [0.15, 0.2) is 29.8 Å². The predicted molar refractivity (Wildman–Crippen MR) is 151 cm³/mol. The second-order valence-electron chi connectivity index (χ2n) is 14.3. The number of hydrogen-bond donors (Lipinski definition) is 2. The highest BCUT2D eigenvalue weighted by molar-refractivity contribution is 5.60. The van der Waals surface area contributed by atoms with Crippen LogP contribution in [0.25, 0.3) is 0 Å². The Morgan fingerprint density at radius 3 is 2.64 bits per heavy atom. The van der Waals surface area contributed by atoms with Crippen LogP contribution in [0.3, 0.4) is 0 Å². The zero-order valence-electron chi connectivity index (χ0n) is 23.3. The van der Waals surface area contributed by atoms with Crippen LogP contribution in [-0.4, -0.2) is 6.10 Å². The number of fused-ring (bicyclic) bond motifs is 2. The SMILES string of the molecule is CC(C)CCCC(C)C1CCC2C3CCC4CC(Oc5ccc(N)cc5N)CCC45C=C(CC12C)C35. The number of nitrogen functional groups attached to an aromatic ring is 2. The van der Waals surface area contributed by atoms with E-state index >= 15 is 0 Å². The predicted octanol–water partition coefficient (Wildman–Crippen LogP) is 8.25. The average Bonchev–Trinajstić information content (AvgIpc) is 3.16. The van der Waals surface area contributed by atoms with E-state index < -0.39 is 0 Å². The lowest BCUT2D eigenvalue weighted by molar-refractivity contribution is -0.108. The van der Waals surface area contributed by atoms with Crippen LogP contribution >= 0.6 is 0 Å². The van der Waals surface area contributed by atoms with Gasteiger partial charge in [-0.25, -0.2) is 0 Å². The molecule has 3 nitrogen and oxygen atoms in total. The molecule has 5 aliphatic rings. The van der Waals surface area contributed by atoms with Gasteiger partial charge in [-0.1, -0.05) is 58.6 Å². The van der Waals surface area contributed by atoms with E-state index in [1.807, 2.05) is 23.8 Å². The van der Waals surface area contributed by atoms with Gasteiger partial charge in [0.15, 0.2) is 0 Å². The first-order valence-corrected chi connectivity index (χ1v) is 15.2. The maximum Gasteiger partial charge on any atom is 0.142 e. The summed E-state index contributed by atoms with van der Waals surface area (Å²) in [5.74, 6) is 7.04. The third-order valence-corrected chi connectivity index (χ3v) is 12.0. The topological polar surface area (TPSA) is 61.3 Å². The van der Waals surface area contributed by atoms with Crippen molar-refractivity contribution < 1.29 is 4.74 Å². The summed E-state index contributed by atoms with van der Waals surface area (Å²) in [5, 5.41) is 0. The summed E-state index contributed by atoms with van der Waals surface area (Å²) in [7, 11) is 0. The first-order valence-electron chi connectivity index (χ1n) is 15.2. The molecule has 3 heteroatoms. The van der Waals surface area contributed by atoms with Crippen molar-refractivity contribution in [2.45, 2.75) is 104 Å². The van der Waals surface area contributed by atoms with Crippen LogP contribution in [0.5, 0.6) is 5.75 Å². The summed E-state index contributed by atoms with van der Waals surface area (Å²) in [4.78, 5) is 0. The molecule has 6 rings (SSSR count). The van der Waals surface area contributed by atoms with Gasteiger partial charge in [0.2, 0.25) is 0 Å². The van der Waals surface area contributed by atoms with E-state index in [0.29, 0.717) is 22.2 Å². The first kappa shape index (κ1) is 24.7. The van der Waals surface area contributed by atoms with Crippen molar-refractivity contribution in [3.05, 3.63) is 29.8 Å². The molecule has 0 aromatic heterocycles. The van der Waals surface area contributed by atoms with Crippen LogP contribution in [0.2, 0.25) is 0 Å². The Morgan fingerprint density at radius 1 is 1.03 bits per heavy atom. The number of rotatable bonds is 7. The summed E-state index contributed by atoms with van der Waals surface area (Å²) in [6.45, 7) is 10.1. The van der Waals surface area contributed by atoms with Gasteiger partial charge in [0.25, 0.3) is 0 Å². The monoisotopic (exact) mass is 490 g/mol. The van der Waals surface area contributed by atoms with Crippen LogP contribution in [0.4, 0.5) is 11.4 Å². The minimum absolute atomic E-state index is 0.289. The molecule has 4 N–H and O–H groups in total. The lowest BCUT2D eigenvalue weighted by atomic mass is 9.37. The molecule has 0 radical (unpaired) electrons. The molecule has 0 heterocycles. The zero-order chi connectivity index (χ0) is 25.2. The lowest BCUT2D eigenvalue weighted by Gasteiger charge is -2.67. The highest BCUT2D eigenvalue weighted by Gasteiger charge is 2.66. The Morgan fingerprint density at radius 2 is 1.86 bits per heavy atom. The van der Waals surface area contributed by atoms with Crippen LogP contribution in [0.1, 0.15) is 98.3 Å². The molecular formula is C33H50N2O. The lowest BCUT2D eigenvalue weighted by Crippen LogP contribution is -2.60. The van der Waals surface area contributed by atoms with Crippen LogP contribution < -0.4 is 16.2 Å². The van der Waals surface area contributed by atoms with Gasteiger partial charge in [-0.2, -0.15) is 0 Å². The van der Waals surface area contributed by atoms with E-state index in [4.69, 9.17) is 16.2 Å². The number of anilines is 2. The fourth-order valence-electron chi connectivity index (χ4n) is 10.5. The smallest absolute Gasteiger partial charge is 0.142 e. The molecule has 1 aromatic rings. The minimum Gasteiger partial charge on any atom is -0.488 e. The van der Waals surface area contributed by atoms with Gasteiger partial charge in [-0.05, 0) is 122 Å². The Labute approximate surface area is 219 Å². The Bertz CT molecular complexity index is 1010. The molecule has 0 bridgehead atoms. The van der Waals surface area contributed by atoms with Crippen molar-refractivity contribution in [2.75, 3.05) is 11.5 Å². The molecular weight excluding hydrogens is 440 g/mol. The van der Waals surface area contributed by atoms with Gasteiger partial charge in [-0.3, -0.25) is 0 Å². The Balaban J connectivity index is 1.16. The Kier molecular flexibility index (Phi) is 6.16. The summed E-state index contributed by atoms with van der Waals surface area (Å²) in [6, 6.07) is 5.68. The van der Waals surface area contributed by atoms with Gasteiger partial charge < -0.3 is 16.2 Å². The van der Waals surface area contributed by atoms with Gasteiger partial charge in [0, 0.05) is 5.69 Å². The van der Waals surface area contributed by atoms with Crippen molar-refractivity contribution in [1.29, 1.82) is 0 Å². The quantitative estimate of drug-likeness (QED) is 0.299. The highest BCUT2D eigenvalue weighted by atomic mass is 16.5. The molecule has 4 saturated carbocycles. The second-order valence-corrected chi connectivity index (χ2v) is 14.3. The number of allylic oxidation sites excluding steroid dienone is 2. The van der Waals surface area contributed by atoms with Gasteiger partial charge in [-0.15, -0.1) is 0 Å². The van der Waals surface area contributed by atoms with Crippen LogP contribution in [-0.2, 0) is 0 Å². The van der Waals surface area contributed by atoms with E-state index in [1.54, 1.807) is 0 Å². The van der Waals surface area contributed by atoms with Crippen molar-refractivity contribution in [3.8, 4) is 5.75 Å². The number of nitrogens with two attached hydrogens (primary N) is 2. The Hall–Kier alpha value is -1.64. The van der Waals surface area contributed by atoms with Crippen LogP contribution in [0, 0.1) is 52.3 Å². The van der Waals surface area contributed by atoms with Crippen molar-refractivity contribution in [1.82, 2.24) is 0 Å². The summed E-state index contributed by atoms with van der Waals surface area (Å²) >= 11 is 0. The highest BCUT2D eigenvalue weighted by Crippen LogP contribution is 2.74. The zero-order valence-corrected chi connectivity index (χ0v) is 23.3. The van der Waals surface area contributed by atoms with E-state index in [9.17, 15) is 0 Å². The van der Waals surface area contributed by atoms with Gasteiger partial charge in [0.05, 0.1) is 11.8 Å². The standard InChI is InChI=1S/C33H50N2O/c1-20(2)6-5-7-21(3)27-11-12-28-26-10-8-23-16-25(36-30-13-9-24(34)17-29(30)35)14-15-33(23)19-22(31(26)33)18-32(27,28)4/h9,13,17,19-21,23,25-28,31H,5-8,10-12,14-16,18,34-35H2,1-4H3. The van der Waals surface area contributed by atoms with Crippen molar-refractivity contribution in [3.63, 3.8) is 0 Å². The molecule has 0 saturated heterocycles. The van der Waals surface area contributed by atoms with Crippen molar-refractivity contribution >= 4 is 11.4 Å². The van der Waals surface area contributed by atoms with E-state index in [2.05, 4.69) is 33.8 Å². The minimum atomic E-state index is 0.289. The third-order valence-electron chi connectivity index (χ3n) is 12.0. The van der Waals surface area contributed by atoms with E-state index in [-0.39, 0.29) is 6.10 Å². The molecule has 1 spiro atoms. The second kappa shape index (κ2) is 8.98. The maximum absolute atomic E-state index is 6.46. The van der Waals surface area contributed by atoms with Crippen molar-refractivity contribution in [2.24, 2.45) is 52.3 Å². The van der Waals surface area contributed by atoms with Gasteiger partial charge in [0.1, 0.15) is 5.75 Å². The average molecular weight is 491 g/mol. The largest absolute Gasteiger partial charge is 0.488 e. The number of hydrogen-bond acceptors (Lipinski definition) is 3. The fraction of sp³-hybridized carbons (Fsp3) is 0.758. The molecule has 36 heavy (non-hydrogen) atoms. The molecule has 4 fully saturated rings. The van der Waals surface area contributed by atoms with E-state index in [0.717, 1.165) is 53.6 Å². The molecule has 5 aliphatic carbocycles. The molecule has 0 aliphatic heterocycles. The first-order chi connectivity index (χ1) is 17.2. The summed E-state index contributed by atoms with van der Waals surface area (Å²) in [6.07, 6.45) is 18.2. The molecule has 1 aromatic carbocycles. The number of ether oxygens (including phenoxy) is 1.